The molecule has 4 nitrogen and oxygen atoms in total. The van der Waals surface area contributed by atoms with Gasteiger partial charge in [-0.3, -0.25) is 4.79 Å². The van der Waals surface area contributed by atoms with Gasteiger partial charge >= 0.3 is 0 Å². The summed E-state index contributed by atoms with van der Waals surface area (Å²) in [4.78, 5) is 16.6. The van der Waals surface area contributed by atoms with Crippen LogP contribution in [0.2, 0.25) is 0 Å². The van der Waals surface area contributed by atoms with Crippen LogP contribution in [0.25, 0.3) is 11.1 Å². The highest BCUT2D eigenvalue weighted by atomic mass is 79.9. The molecule has 3 aromatic rings. The van der Waals surface area contributed by atoms with Gasteiger partial charge in [-0.05, 0) is 65.0 Å². The van der Waals surface area contributed by atoms with Gasteiger partial charge < -0.3 is 11.1 Å². The van der Waals surface area contributed by atoms with E-state index in [2.05, 4.69) is 31.6 Å². The van der Waals surface area contributed by atoms with E-state index in [0.29, 0.717) is 17.2 Å². The van der Waals surface area contributed by atoms with Gasteiger partial charge in [-0.2, -0.15) is 0 Å². The Morgan fingerprint density at radius 3 is 2.46 bits per heavy atom. The van der Waals surface area contributed by atoms with E-state index in [1.807, 2.05) is 32.0 Å². The molecule has 1 amide bonds. The summed E-state index contributed by atoms with van der Waals surface area (Å²) in [6.45, 7) is 4.01. The number of nitrogens with zero attached hydrogens (tertiary/aromatic N) is 1. The zero-order valence-corrected chi connectivity index (χ0v) is 15.7. The lowest BCUT2D eigenvalue weighted by molar-refractivity contribution is 0.102. The van der Waals surface area contributed by atoms with Crippen LogP contribution in [0.1, 0.15) is 21.5 Å². The van der Waals surface area contributed by atoms with Crippen LogP contribution in [0, 0.1) is 13.8 Å². The van der Waals surface area contributed by atoms with Gasteiger partial charge in [0.1, 0.15) is 11.6 Å². The minimum absolute atomic E-state index is 0.206. The van der Waals surface area contributed by atoms with Crippen molar-refractivity contribution in [3.05, 3.63) is 62.3 Å². The third-order valence-corrected chi connectivity index (χ3v) is 5.52. The molecule has 0 saturated heterocycles. The van der Waals surface area contributed by atoms with Crippen LogP contribution in [0.15, 0.2) is 45.6 Å². The molecule has 0 radical (unpaired) electrons. The van der Waals surface area contributed by atoms with Crippen LogP contribution in [-0.2, 0) is 0 Å². The molecule has 122 valence electrons. The smallest absolute Gasteiger partial charge is 0.256 e. The maximum absolute atomic E-state index is 12.3. The summed E-state index contributed by atoms with van der Waals surface area (Å²) in [5, 5.41) is 4.84. The monoisotopic (exact) mass is 401 g/mol. The van der Waals surface area contributed by atoms with Crippen LogP contribution < -0.4 is 11.1 Å². The largest absolute Gasteiger partial charge is 0.383 e. The van der Waals surface area contributed by atoms with E-state index in [-0.39, 0.29) is 5.91 Å². The van der Waals surface area contributed by atoms with Gasteiger partial charge in [-0.1, -0.05) is 17.7 Å². The first-order valence-corrected chi connectivity index (χ1v) is 9.01. The first-order chi connectivity index (χ1) is 11.5. The van der Waals surface area contributed by atoms with Crippen LogP contribution in [0.4, 0.5) is 11.6 Å². The Kier molecular flexibility index (Phi) is 4.69. The predicted molar refractivity (Wildman–Crippen MR) is 104 cm³/mol. The Labute approximate surface area is 152 Å². The first-order valence-electron chi connectivity index (χ1n) is 7.34. The third-order valence-electron chi connectivity index (χ3n) is 3.68. The number of carbonyl (C=O) groups excluding carboxylic acids is 1. The minimum Gasteiger partial charge on any atom is -0.383 e. The standard InChI is InChI=1S/C18H16BrN3OS/c1-10-3-5-12(6-4-10)18(23)22-14-8-7-13(17(20)21-14)15-11(2)9-24-16(15)19/h3-9H,1-2H3,(H3,20,21,22,23). The Hall–Kier alpha value is -2.18. The molecule has 0 spiro atoms. The number of nitrogens with one attached hydrogen (secondary N) is 1. The molecule has 0 saturated carbocycles. The average Bonchev–Trinajstić information content (AvgIpc) is 2.87. The molecular weight excluding hydrogens is 386 g/mol. The van der Waals surface area contributed by atoms with Gasteiger partial charge in [-0.25, -0.2) is 4.98 Å². The number of rotatable bonds is 3. The van der Waals surface area contributed by atoms with Crippen molar-refractivity contribution in [1.29, 1.82) is 0 Å². The number of thiophene rings is 1. The number of nitrogens with two attached hydrogens (primary N) is 1. The number of hydrogen-bond donors (Lipinski definition) is 2. The Morgan fingerprint density at radius 2 is 1.88 bits per heavy atom. The van der Waals surface area contributed by atoms with Gasteiger partial charge in [0.05, 0.1) is 3.79 Å². The lowest BCUT2D eigenvalue weighted by Crippen LogP contribution is -2.13. The molecule has 2 aromatic heterocycles. The minimum atomic E-state index is -0.206. The topological polar surface area (TPSA) is 68.0 Å². The van der Waals surface area contributed by atoms with Crippen molar-refractivity contribution in [3.8, 4) is 11.1 Å². The van der Waals surface area contributed by atoms with Crippen LogP contribution in [0.3, 0.4) is 0 Å². The highest BCUT2D eigenvalue weighted by Gasteiger charge is 2.14. The van der Waals surface area contributed by atoms with E-state index in [9.17, 15) is 4.79 Å². The summed E-state index contributed by atoms with van der Waals surface area (Å²) >= 11 is 5.16. The Balaban J connectivity index is 1.85. The van der Waals surface area contributed by atoms with Gasteiger partial charge in [0, 0.05) is 16.7 Å². The number of halogens is 1. The van der Waals surface area contributed by atoms with Crippen molar-refractivity contribution in [3.63, 3.8) is 0 Å². The van der Waals surface area contributed by atoms with Crippen molar-refractivity contribution in [2.45, 2.75) is 13.8 Å². The van der Waals surface area contributed by atoms with E-state index in [4.69, 9.17) is 5.73 Å². The SMILES string of the molecule is Cc1ccc(C(=O)Nc2ccc(-c3c(C)csc3Br)c(N)n2)cc1. The summed E-state index contributed by atoms with van der Waals surface area (Å²) in [5.74, 6) is 0.618. The first kappa shape index (κ1) is 16.7. The fourth-order valence-electron chi connectivity index (χ4n) is 2.38. The average molecular weight is 402 g/mol. The maximum atomic E-state index is 12.3. The van der Waals surface area contributed by atoms with E-state index in [1.165, 1.54) is 0 Å². The zero-order valence-electron chi connectivity index (χ0n) is 13.3. The van der Waals surface area contributed by atoms with Crippen LogP contribution in [0.5, 0.6) is 0 Å². The molecule has 0 aliphatic carbocycles. The number of nitrogen functional groups attached to an aromatic ring is 1. The molecule has 0 atom stereocenters. The Bertz CT molecular complexity index is 884. The molecule has 24 heavy (non-hydrogen) atoms. The molecular formula is C18H16BrN3OS. The molecule has 1 aromatic carbocycles. The molecule has 0 unspecified atom stereocenters. The zero-order chi connectivity index (χ0) is 17.3. The molecule has 0 bridgehead atoms. The van der Waals surface area contributed by atoms with Crippen molar-refractivity contribution >= 4 is 44.8 Å². The predicted octanol–water partition coefficient (Wildman–Crippen LogP) is 5.02. The summed E-state index contributed by atoms with van der Waals surface area (Å²) in [7, 11) is 0. The summed E-state index contributed by atoms with van der Waals surface area (Å²) in [6.07, 6.45) is 0. The summed E-state index contributed by atoms with van der Waals surface area (Å²) in [5.41, 5.74) is 10.8. The molecule has 6 heteroatoms. The number of aromatic nitrogens is 1. The van der Waals surface area contributed by atoms with Crippen LogP contribution in [-0.4, -0.2) is 10.9 Å². The lowest BCUT2D eigenvalue weighted by atomic mass is 10.1. The molecule has 3 N–H and O–H groups in total. The maximum Gasteiger partial charge on any atom is 0.256 e. The van der Waals surface area contributed by atoms with Crippen molar-refractivity contribution in [2.24, 2.45) is 0 Å². The van der Waals surface area contributed by atoms with Crippen molar-refractivity contribution in [2.75, 3.05) is 11.1 Å². The van der Waals surface area contributed by atoms with Gasteiger partial charge in [0.15, 0.2) is 0 Å². The normalized spacial score (nSPS) is 10.6. The second-order valence-electron chi connectivity index (χ2n) is 5.52. The molecule has 0 aliphatic rings. The number of aryl methyl sites for hydroxylation is 2. The fraction of sp³-hybridized carbons (Fsp3) is 0.111. The quantitative estimate of drug-likeness (QED) is 0.646. The number of benzene rings is 1. The number of hydrogen-bond acceptors (Lipinski definition) is 4. The summed E-state index contributed by atoms with van der Waals surface area (Å²) < 4.78 is 1.02. The lowest BCUT2D eigenvalue weighted by Gasteiger charge is -2.09. The molecule has 0 fully saturated rings. The van der Waals surface area contributed by atoms with Crippen LogP contribution >= 0.6 is 27.3 Å². The van der Waals surface area contributed by atoms with E-state index in [1.54, 1.807) is 29.5 Å². The second kappa shape index (κ2) is 6.75. The van der Waals surface area contributed by atoms with Gasteiger partial charge in [-0.15, -0.1) is 11.3 Å². The van der Waals surface area contributed by atoms with Crippen molar-refractivity contribution < 1.29 is 4.79 Å². The Morgan fingerprint density at radius 1 is 1.17 bits per heavy atom. The molecule has 0 aliphatic heterocycles. The molecule has 3 rings (SSSR count). The fourth-order valence-corrected chi connectivity index (χ4v) is 3.97. The number of anilines is 2. The third kappa shape index (κ3) is 3.34. The van der Waals surface area contributed by atoms with E-state index >= 15 is 0 Å². The molecule has 2 heterocycles. The van der Waals surface area contributed by atoms with E-state index in [0.717, 1.165) is 26.0 Å². The highest BCUT2D eigenvalue weighted by molar-refractivity contribution is 9.11. The van der Waals surface area contributed by atoms with Gasteiger partial charge in [0.2, 0.25) is 0 Å². The number of pyridine rings is 1. The number of carbonyl (C=O) groups is 1. The van der Waals surface area contributed by atoms with E-state index < -0.39 is 0 Å². The van der Waals surface area contributed by atoms with Gasteiger partial charge in [0.25, 0.3) is 5.91 Å². The van der Waals surface area contributed by atoms with Crippen molar-refractivity contribution in [1.82, 2.24) is 4.98 Å². The summed E-state index contributed by atoms with van der Waals surface area (Å²) in [6, 6.07) is 11.0. The highest BCUT2D eigenvalue weighted by Crippen LogP contribution is 2.39. The second-order valence-corrected chi connectivity index (χ2v) is 7.71. The number of amides is 1.